The molecule has 1 aliphatic heterocycles. The van der Waals surface area contributed by atoms with Crippen molar-refractivity contribution in [1.82, 2.24) is 9.78 Å². The summed E-state index contributed by atoms with van der Waals surface area (Å²) in [7, 11) is 1.44. The number of alkyl halides is 3. The first-order chi connectivity index (χ1) is 16.2. The normalized spacial score (nSPS) is 15.9. The molecule has 11 heteroatoms. The molecule has 0 spiro atoms. The molecule has 1 fully saturated rings. The lowest BCUT2D eigenvalue weighted by molar-refractivity contribution is -0.141. The standard InChI is InChI=1S/C23H21F4N3O4/c1-32-18-8-7-14(10-19(18)34-22-6-3-9-33-22)17-12-20(23(25,26)27)29-30(17)13-21(31)28-16-5-2-4-15(24)11-16/h2,4-5,7-8,10-12,22H,3,6,9,13H2,1H3,(H,28,31)/t22-/m0/s1. The number of anilines is 1. The van der Waals surface area contributed by atoms with Crippen LogP contribution in [0, 0.1) is 5.82 Å². The van der Waals surface area contributed by atoms with Gasteiger partial charge in [0.2, 0.25) is 5.91 Å². The van der Waals surface area contributed by atoms with E-state index >= 15 is 0 Å². The number of halogens is 4. The number of carbonyl (C=O) groups is 1. The predicted molar refractivity (Wildman–Crippen MR) is 114 cm³/mol. The van der Waals surface area contributed by atoms with Gasteiger partial charge in [0, 0.05) is 17.7 Å². The smallest absolute Gasteiger partial charge is 0.435 e. The van der Waals surface area contributed by atoms with E-state index in [0.717, 1.165) is 23.2 Å². The molecule has 0 radical (unpaired) electrons. The average Bonchev–Trinajstić information content (AvgIpc) is 3.43. The molecule has 1 amide bonds. The second-order valence-corrected chi connectivity index (χ2v) is 7.55. The van der Waals surface area contributed by atoms with Crippen LogP contribution in [0.3, 0.4) is 0 Å². The molecule has 1 N–H and O–H groups in total. The molecule has 1 atom stereocenters. The van der Waals surface area contributed by atoms with Crippen molar-refractivity contribution in [2.24, 2.45) is 0 Å². The number of ether oxygens (including phenoxy) is 3. The van der Waals surface area contributed by atoms with Gasteiger partial charge in [-0.25, -0.2) is 4.39 Å². The monoisotopic (exact) mass is 479 g/mol. The maximum Gasteiger partial charge on any atom is 0.435 e. The van der Waals surface area contributed by atoms with Crippen LogP contribution in [0.1, 0.15) is 18.5 Å². The van der Waals surface area contributed by atoms with E-state index < -0.39 is 36.4 Å². The number of hydrogen-bond acceptors (Lipinski definition) is 5. The Balaban J connectivity index is 1.65. The van der Waals surface area contributed by atoms with Gasteiger partial charge in [-0.05, 0) is 48.9 Å². The van der Waals surface area contributed by atoms with E-state index in [1.54, 1.807) is 12.1 Å². The fraction of sp³-hybridized carbons (Fsp3) is 0.304. The van der Waals surface area contributed by atoms with Crippen molar-refractivity contribution in [2.75, 3.05) is 19.0 Å². The van der Waals surface area contributed by atoms with Gasteiger partial charge < -0.3 is 19.5 Å². The summed E-state index contributed by atoms with van der Waals surface area (Å²) in [4.78, 5) is 12.5. The minimum absolute atomic E-state index is 0.0431. The van der Waals surface area contributed by atoms with Crippen molar-refractivity contribution < 1.29 is 36.6 Å². The zero-order valence-corrected chi connectivity index (χ0v) is 18.1. The van der Waals surface area contributed by atoms with Gasteiger partial charge in [0.1, 0.15) is 12.4 Å². The summed E-state index contributed by atoms with van der Waals surface area (Å²) in [6.07, 6.45) is -3.71. The summed E-state index contributed by atoms with van der Waals surface area (Å²) < 4.78 is 71.2. The molecule has 2 heterocycles. The van der Waals surface area contributed by atoms with E-state index in [1.165, 1.54) is 31.4 Å². The van der Waals surface area contributed by atoms with Crippen LogP contribution in [0.5, 0.6) is 11.5 Å². The molecule has 180 valence electrons. The first-order valence-corrected chi connectivity index (χ1v) is 10.4. The number of benzene rings is 2. The third-order valence-corrected chi connectivity index (χ3v) is 5.08. The SMILES string of the molecule is COc1ccc(-c2cc(C(F)(F)F)nn2CC(=O)Nc2cccc(F)c2)cc1O[C@H]1CCCO1. The highest BCUT2D eigenvalue weighted by atomic mass is 19.4. The Bertz CT molecular complexity index is 1170. The number of amides is 1. The van der Waals surface area contributed by atoms with Gasteiger partial charge in [-0.1, -0.05) is 6.07 Å². The Morgan fingerprint density at radius 2 is 2.03 bits per heavy atom. The van der Waals surface area contributed by atoms with Gasteiger partial charge in [-0.3, -0.25) is 9.48 Å². The summed E-state index contributed by atoms with van der Waals surface area (Å²) in [5.74, 6) is -0.565. The number of methoxy groups -OCH3 is 1. The quantitative estimate of drug-likeness (QED) is 0.490. The van der Waals surface area contributed by atoms with Crippen LogP contribution in [0.15, 0.2) is 48.5 Å². The Hall–Kier alpha value is -3.60. The molecule has 0 bridgehead atoms. The van der Waals surface area contributed by atoms with E-state index in [-0.39, 0.29) is 17.1 Å². The van der Waals surface area contributed by atoms with E-state index in [0.29, 0.717) is 24.3 Å². The van der Waals surface area contributed by atoms with E-state index in [2.05, 4.69) is 10.4 Å². The largest absolute Gasteiger partial charge is 0.493 e. The molecule has 1 aromatic heterocycles. The van der Waals surface area contributed by atoms with Gasteiger partial charge in [0.05, 0.1) is 19.4 Å². The van der Waals surface area contributed by atoms with E-state index in [9.17, 15) is 22.4 Å². The maximum atomic E-state index is 13.4. The van der Waals surface area contributed by atoms with Crippen molar-refractivity contribution in [3.05, 3.63) is 60.0 Å². The van der Waals surface area contributed by atoms with Gasteiger partial charge >= 0.3 is 6.18 Å². The topological polar surface area (TPSA) is 74.6 Å². The molecule has 1 saturated heterocycles. The predicted octanol–water partition coefficient (Wildman–Crippen LogP) is 4.87. The van der Waals surface area contributed by atoms with Crippen LogP contribution in [-0.2, 0) is 22.3 Å². The van der Waals surface area contributed by atoms with Crippen molar-refractivity contribution >= 4 is 11.6 Å². The molecule has 0 saturated carbocycles. The van der Waals surface area contributed by atoms with Crippen LogP contribution < -0.4 is 14.8 Å². The summed E-state index contributed by atoms with van der Waals surface area (Å²) >= 11 is 0. The Morgan fingerprint density at radius 3 is 2.71 bits per heavy atom. The highest BCUT2D eigenvalue weighted by molar-refractivity contribution is 5.90. The summed E-state index contributed by atoms with van der Waals surface area (Å²) in [6, 6.07) is 10.6. The zero-order chi connectivity index (χ0) is 24.3. The van der Waals surface area contributed by atoms with Crippen molar-refractivity contribution in [2.45, 2.75) is 31.9 Å². The highest BCUT2D eigenvalue weighted by Crippen LogP contribution is 2.37. The third-order valence-electron chi connectivity index (χ3n) is 5.08. The van der Waals surface area contributed by atoms with Crippen LogP contribution >= 0.6 is 0 Å². The molecule has 1 aliphatic rings. The van der Waals surface area contributed by atoms with Gasteiger partial charge in [-0.15, -0.1) is 0 Å². The molecule has 2 aromatic carbocycles. The van der Waals surface area contributed by atoms with Crippen molar-refractivity contribution in [3.8, 4) is 22.8 Å². The van der Waals surface area contributed by atoms with Gasteiger partial charge in [0.15, 0.2) is 23.5 Å². The molecular weight excluding hydrogens is 458 g/mol. The van der Waals surface area contributed by atoms with Gasteiger partial charge in [-0.2, -0.15) is 18.3 Å². The van der Waals surface area contributed by atoms with E-state index in [1.807, 2.05) is 0 Å². The fourth-order valence-electron chi connectivity index (χ4n) is 3.52. The fourth-order valence-corrected chi connectivity index (χ4v) is 3.52. The summed E-state index contributed by atoms with van der Waals surface area (Å²) in [5, 5.41) is 6.05. The minimum Gasteiger partial charge on any atom is -0.493 e. The van der Waals surface area contributed by atoms with Crippen molar-refractivity contribution in [1.29, 1.82) is 0 Å². The molecule has 7 nitrogen and oxygen atoms in total. The molecule has 4 rings (SSSR count). The average molecular weight is 479 g/mol. The summed E-state index contributed by atoms with van der Waals surface area (Å²) in [5.41, 5.74) is -0.609. The third kappa shape index (κ3) is 5.48. The van der Waals surface area contributed by atoms with Crippen LogP contribution in [0.4, 0.5) is 23.2 Å². The lowest BCUT2D eigenvalue weighted by atomic mass is 10.1. The van der Waals surface area contributed by atoms with Crippen LogP contribution in [0.2, 0.25) is 0 Å². The molecule has 34 heavy (non-hydrogen) atoms. The molecule has 3 aromatic rings. The number of hydrogen-bond donors (Lipinski definition) is 1. The van der Waals surface area contributed by atoms with E-state index in [4.69, 9.17) is 14.2 Å². The highest BCUT2D eigenvalue weighted by Gasteiger charge is 2.35. The molecular formula is C23H21F4N3O4. The molecule has 0 unspecified atom stereocenters. The zero-order valence-electron chi connectivity index (χ0n) is 18.1. The first kappa shape index (κ1) is 23.6. The van der Waals surface area contributed by atoms with Gasteiger partial charge in [0.25, 0.3) is 0 Å². The second kappa shape index (κ2) is 9.72. The lowest BCUT2D eigenvalue weighted by Crippen LogP contribution is -2.20. The number of nitrogens with zero attached hydrogens (tertiary/aromatic N) is 2. The summed E-state index contributed by atoms with van der Waals surface area (Å²) in [6.45, 7) is 0.0185. The number of carbonyl (C=O) groups excluding carboxylic acids is 1. The Labute approximate surface area is 192 Å². The van der Waals surface area contributed by atoms with Crippen LogP contribution in [0.25, 0.3) is 11.3 Å². The Kier molecular flexibility index (Phi) is 6.73. The number of rotatable bonds is 7. The minimum atomic E-state index is -4.72. The number of nitrogens with one attached hydrogen (secondary N) is 1. The Morgan fingerprint density at radius 1 is 1.21 bits per heavy atom. The van der Waals surface area contributed by atoms with Crippen molar-refractivity contribution in [3.63, 3.8) is 0 Å². The first-order valence-electron chi connectivity index (χ1n) is 10.4. The molecule has 0 aliphatic carbocycles. The number of aromatic nitrogens is 2. The van der Waals surface area contributed by atoms with Crippen LogP contribution in [-0.4, -0.2) is 35.7 Å². The lowest BCUT2D eigenvalue weighted by Gasteiger charge is -2.17. The second-order valence-electron chi connectivity index (χ2n) is 7.55. The maximum absolute atomic E-state index is 13.4.